The smallest absolute Gasteiger partial charge is 0.333 e. The summed E-state index contributed by atoms with van der Waals surface area (Å²) in [6, 6.07) is 8.07. The van der Waals surface area contributed by atoms with Crippen LogP contribution in [0, 0.1) is 0 Å². The largest absolute Gasteiger partial charge is 0.365 e. The second kappa shape index (κ2) is 3.36. The average Bonchev–Trinajstić information content (AvgIpc) is 2.45. The van der Waals surface area contributed by atoms with Crippen molar-refractivity contribution in [1.29, 1.82) is 0 Å². The minimum atomic E-state index is -1.41. The van der Waals surface area contributed by atoms with Gasteiger partial charge in [-0.1, -0.05) is 18.2 Å². The Balaban J connectivity index is 2.39. The molecule has 0 aliphatic carbocycles. The molecule has 15 heavy (non-hydrogen) atoms. The lowest BCUT2D eigenvalue weighted by atomic mass is 10.3. The van der Waals surface area contributed by atoms with Crippen LogP contribution in [0.25, 0.3) is 0 Å². The van der Waals surface area contributed by atoms with Crippen molar-refractivity contribution >= 4 is 17.6 Å². The molecule has 1 aromatic rings. The highest BCUT2D eigenvalue weighted by Gasteiger charge is 2.42. The maximum atomic E-state index is 11.6. The Hall–Kier alpha value is -1.88. The van der Waals surface area contributed by atoms with Crippen LogP contribution < -0.4 is 4.90 Å². The van der Waals surface area contributed by atoms with Gasteiger partial charge in [-0.3, -0.25) is 14.6 Å². The first kappa shape index (κ1) is 9.67. The fourth-order valence-corrected chi connectivity index (χ4v) is 1.48. The number of carbonyl (C=O) groups is 2. The fraction of sp³-hybridized carbons (Fsp3) is 0.200. The molecule has 0 bridgehead atoms. The molecular weight excluding hydrogens is 196 g/mol. The predicted octanol–water partition coefficient (Wildman–Crippen LogP) is 0.403. The molecular formula is C10H10N2O3. The Morgan fingerprint density at radius 3 is 2.27 bits per heavy atom. The zero-order valence-corrected chi connectivity index (χ0v) is 8.12. The molecule has 1 aliphatic heterocycles. The first-order valence-electron chi connectivity index (χ1n) is 4.47. The van der Waals surface area contributed by atoms with Gasteiger partial charge in [-0.15, -0.1) is 0 Å². The molecule has 0 saturated carbocycles. The minimum Gasteiger partial charge on any atom is -0.365 e. The lowest BCUT2D eigenvalue weighted by Crippen LogP contribution is -2.34. The summed E-state index contributed by atoms with van der Waals surface area (Å²) in [4.78, 5) is 24.9. The highest BCUT2D eigenvalue weighted by Crippen LogP contribution is 2.22. The topological polar surface area (TPSA) is 60.9 Å². The zero-order chi connectivity index (χ0) is 11.0. The Bertz CT molecular complexity index is 404. The van der Waals surface area contributed by atoms with Crippen molar-refractivity contribution in [3.63, 3.8) is 0 Å². The maximum absolute atomic E-state index is 11.6. The van der Waals surface area contributed by atoms with Crippen molar-refractivity contribution < 1.29 is 14.7 Å². The molecule has 1 heterocycles. The molecule has 5 heteroatoms. The number of hydrogen-bond acceptors (Lipinski definition) is 3. The first-order valence-corrected chi connectivity index (χ1v) is 4.47. The van der Waals surface area contributed by atoms with Crippen molar-refractivity contribution in [3.8, 4) is 0 Å². The third kappa shape index (κ3) is 1.37. The first-order chi connectivity index (χ1) is 7.13. The highest BCUT2D eigenvalue weighted by atomic mass is 16.3. The number of carbonyl (C=O) groups excluding carboxylic acids is 2. The number of hydrogen-bond donors (Lipinski definition) is 1. The van der Waals surface area contributed by atoms with Gasteiger partial charge in [0.25, 0.3) is 5.91 Å². The molecule has 1 N–H and O–H groups in total. The second-order valence-corrected chi connectivity index (χ2v) is 3.26. The number of anilines is 1. The van der Waals surface area contributed by atoms with Gasteiger partial charge < -0.3 is 5.11 Å². The predicted molar refractivity (Wildman–Crippen MR) is 53.1 cm³/mol. The van der Waals surface area contributed by atoms with E-state index in [9.17, 15) is 14.7 Å². The zero-order valence-electron chi connectivity index (χ0n) is 8.12. The van der Waals surface area contributed by atoms with Gasteiger partial charge in [0.15, 0.2) is 0 Å². The lowest BCUT2D eigenvalue weighted by molar-refractivity contribution is -0.132. The lowest BCUT2D eigenvalue weighted by Gasteiger charge is -2.17. The van der Waals surface area contributed by atoms with Gasteiger partial charge in [0.1, 0.15) is 0 Å². The number of amides is 3. The summed E-state index contributed by atoms with van der Waals surface area (Å²) < 4.78 is 0. The van der Waals surface area contributed by atoms with Crippen LogP contribution in [0.5, 0.6) is 0 Å². The van der Waals surface area contributed by atoms with E-state index in [4.69, 9.17) is 0 Å². The van der Waals surface area contributed by atoms with Crippen molar-refractivity contribution in [2.75, 3.05) is 11.9 Å². The molecule has 1 saturated heterocycles. The number of aliphatic hydroxyl groups is 1. The van der Waals surface area contributed by atoms with Gasteiger partial charge in [-0.05, 0) is 12.1 Å². The SMILES string of the molecule is CN1C(=O)C(O)N(c2ccccc2)C1=O. The molecule has 0 spiro atoms. The van der Waals surface area contributed by atoms with E-state index in [1.54, 1.807) is 30.3 Å². The molecule has 1 atom stereocenters. The highest BCUT2D eigenvalue weighted by molar-refractivity contribution is 6.13. The molecule has 78 valence electrons. The van der Waals surface area contributed by atoms with Crippen LogP contribution in [-0.4, -0.2) is 35.2 Å². The number of para-hydroxylation sites is 1. The maximum Gasteiger partial charge on any atom is 0.333 e. The van der Waals surface area contributed by atoms with E-state index in [1.165, 1.54) is 7.05 Å². The van der Waals surface area contributed by atoms with Crippen LogP contribution in [0.2, 0.25) is 0 Å². The van der Waals surface area contributed by atoms with E-state index in [0.29, 0.717) is 5.69 Å². The minimum absolute atomic E-state index is 0.507. The summed E-state index contributed by atoms with van der Waals surface area (Å²) in [5.74, 6) is -0.608. The fourth-order valence-electron chi connectivity index (χ4n) is 1.48. The number of imide groups is 1. The van der Waals surface area contributed by atoms with Gasteiger partial charge in [0, 0.05) is 12.7 Å². The third-order valence-corrected chi connectivity index (χ3v) is 2.32. The van der Waals surface area contributed by atoms with Gasteiger partial charge in [-0.2, -0.15) is 0 Å². The van der Waals surface area contributed by atoms with E-state index in [-0.39, 0.29) is 0 Å². The monoisotopic (exact) mass is 206 g/mol. The molecule has 3 amide bonds. The van der Waals surface area contributed by atoms with Gasteiger partial charge in [-0.25, -0.2) is 4.79 Å². The molecule has 1 aliphatic rings. The number of nitrogens with zero attached hydrogens (tertiary/aromatic N) is 2. The summed E-state index contributed by atoms with van der Waals surface area (Å²) >= 11 is 0. The Kier molecular flexibility index (Phi) is 2.17. The molecule has 0 radical (unpaired) electrons. The Morgan fingerprint density at radius 1 is 1.20 bits per heavy atom. The van der Waals surface area contributed by atoms with E-state index in [0.717, 1.165) is 9.80 Å². The quantitative estimate of drug-likeness (QED) is 0.677. The standard InChI is InChI=1S/C10H10N2O3/c1-11-8(13)9(14)12(10(11)15)7-5-3-2-4-6-7/h2-6,9,14H,1H3. The van der Waals surface area contributed by atoms with Crippen molar-refractivity contribution in [2.45, 2.75) is 6.23 Å². The summed E-state index contributed by atoms with van der Waals surface area (Å²) in [6.07, 6.45) is -1.41. The van der Waals surface area contributed by atoms with Gasteiger partial charge in [0.2, 0.25) is 6.23 Å². The summed E-state index contributed by atoms with van der Waals surface area (Å²) in [6.45, 7) is 0. The van der Waals surface area contributed by atoms with Crippen LogP contribution in [0.1, 0.15) is 0 Å². The van der Waals surface area contributed by atoms with Crippen LogP contribution in [0.15, 0.2) is 30.3 Å². The van der Waals surface area contributed by atoms with E-state index < -0.39 is 18.2 Å². The van der Waals surface area contributed by atoms with E-state index in [1.807, 2.05) is 0 Å². The van der Waals surface area contributed by atoms with Crippen molar-refractivity contribution in [1.82, 2.24) is 4.90 Å². The molecule has 0 aromatic heterocycles. The van der Waals surface area contributed by atoms with Crippen LogP contribution in [-0.2, 0) is 4.79 Å². The summed E-state index contributed by atoms with van der Waals surface area (Å²) in [5, 5.41) is 9.57. The summed E-state index contributed by atoms with van der Waals surface area (Å²) in [7, 11) is 1.34. The number of rotatable bonds is 1. The Morgan fingerprint density at radius 2 is 1.80 bits per heavy atom. The molecule has 2 rings (SSSR count). The third-order valence-electron chi connectivity index (χ3n) is 2.32. The molecule has 1 aromatic carbocycles. The number of aliphatic hydroxyl groups excluding tert-OH is 1. The van der Waals surface area contributed by atoms with Crippen LogP contribution >= 0.6 is 0 Å². The molecule has 1 fully saturated rings. The average molecular weight is 206 g/mol. The van der Waals surface area contributed by atoms with E-state index >= 15 is 0 Å². The summed E-state index contributed by atoms with van der Waals surface area (Å²) in [5.41, 5.74) is 0.507. The Labute approximate surface area is 86.5 Å². The molecule has 1 unspecified atom stereocenters. The number of urea groups is 1. The number of benzene rings is 1. The molecule has 5 nitrogen and oxygen atoms in total. The van der Waals surface area contributed by atoms with Crippen LogP contribution in [0.3, 0.4) is 0 Å². The normalized spacial score (nSPS) is 21.3. The van der Waals surface area contributed by atoms with Crippen LogP contribution in [0.4, 0.5) is 10.5 Å². The van der Waals surface area contributed by atoms with Crippen molar-refractivity contribution in [3.05, 3.63) is 30.3 Å². The van der Waals surface area contributed by atoms with Gasteiger partial charge in [0.05, 0.1) is 0 Å². The van der Waals surface area contributed by atoms with Gasteiger partial charge >= 0.3 is 6.03 Å². The van der Waals surface area contributed by atoms with Crippen molar-refractivity contribution in [2.24, 2.45) is 0 Å². The second-order valence-electron chi connectivity index (χ2n) is 3.26. The number of likely N-dealkylation sites (N-methyl/N-ethyl adjacent to an activating group) is 1. The van der Waals surface area contributed by atoms with E-state index in [2.05, 4.69) is 0 Å².